The molecule has 0 saturated heterocycles. The second-order valence-corrected chi connectivity index (χ2v) is 2.97. The van der Waals surface area contributed by atoms with Gasteiger partial charge in [-0.2, -0.15) is 4.98 Å². The molecule has 0 atom stereocenters. The van der Waals surface area contributed by atoms with E-state index in [2.05, 4.69) is 10.3 Å². The first-order valence-electron chi connectivity index (χ1n) is 4.06. The van der Waals surface area contributed by atoms with Crippen LogP contribution in [-0.2, 0) is 11.8 Å². The Morgan fingerprint density at radius 2 is 2.40 bits per heavy atom. The molecule has 82 valence electrons. The van der Waals surface area contributed by atoms with Crippen LogP contribution in [0.2, 0.25) is 0 Å². The molecule has 1 N–H and O–H groups in total. The molecule has 0 fully saturated rings. The number of carbonyl (C=O) groups excluding carboxylic acids is 1. The molecule has 6 nitrogen and oxygen atoms in total. The van der Waals surface area contributed by atoms with E-state index < -0.39 is 5.91 Å². The molecule has 1 aromatic heterocycles. The van der Waals surface area contributed by atoms with Gasteiger partial charge >= 0.3 is 6.01 Å². The van der Waals surface area contributed by atoms with Gasteiger partial charge in [-0.15, -0.1) is 11.6 Å². The lowest BCUT2D eigenvalue weighted by Crippen LogP contribution is -2.22. The van der Waals surface area contributed by atoms with Crippen molar-refractivity contribution in [2.24, 2.45) is 7.05 Å². The molecule has 0 aliphatic carbocycles. The number of halogens is 1. The summed E-state index contributed by atoms with van der Waals surface area (Å²) in [5.74, 6) is -0.501. The summed E-state index contributed by atoms with van der Waals surface area (Å²) >= 11 is 5.29. The summed E-state index contributed by atoms with van der Waals surface area (Å²) in [6, 6.07) is 1.31. The quantitative estimate of drug-likeness (QED) is 0.742. The number of ether oxygens (including phenoxy) is 1. The van der Waals surface area contributed by atoms with E-state index in [1.807, 2.05) is 0 Å². The number of amides is 1. The largest absolute Gasteiger partial charge is 0.468 e. The number of hydrogen-bond acceptors (Lipinski definition) is 4. The molecular formula is C8H10ClN3O3. The summed E-state index contributed by atoms with van der Waals surface area (Å²) in [4.78, 5) is 26.2. The van der Waals surface area contributed by atoms with E-state index >= 15 is 0 Å². The Labute approximate surface area is 90.8 Å². The molecule has 0 aliphatic heterocycles. The Bertz CT molecular complexity index is 430. The highest BCUT2D eigenvalue weighted by Crippen LogP contribution is 2.06. The third kappa shape index (κ3) is 2.69. The van der Waals surface area contributed by atoms with Gasteiger partial charge in [0.1, 0.15) is 11.7 Å². The highest BCUT2D eigenvalue weighted by Gasteiger charge is 2.07. The first kappa shape index (κ1) is 11.5. The second-order valence-electron chi connectivity index (χ2n) is 2.71. The number of anilines is 1. The molecule has 0 radical (unpaired) electrons. The molecule has 1 aromatic rings. The van der Waals surface area contributed by atoms with Gasteiger partial charge in [-0.05, 0) is 0 Å². The van der Waals surface area contributed by atoms with Crippen molar-refractivity contribution in [3.8, 4) is 6.01 Å². The Morgan fingerprint density at radius 3 is 2.93 bits per heavy atom. The zero-order valence-corrected chi connectivity index (χ0v) is 9.04. The first-order chi connectivity index (χ1) is 7.08. The molecule has 1 heterocycles. The molecule has 7 heteroatoms. The fraction of sp³-hybridized carbons (Fsp3) is 0.375. The maximum absolute atomic E-state index is 11.3. The minimum atomic E-state index is -0.431. The number of methoxy groups -OCH3 is 1. The fourth-order valence-electron chi connectivity index (χ4n) is 0.941. The van der Waals surface area contributed by atoms with Crippen molar-refractivity contribution in [3.05, 3.63) is 16.4 Å². The second kappa shape index (κ2) is 4.79. The van der Waals surface area contributed by atoms with Gasteiger partial charge in [0, 0.05) is 13.1 Å². The molecule has 15 heavy (non-hydrogen) atoms. The van der Waals surface area contributed by atoms with Gasteiger partial charge < -0.3 is 10.1 Å². The molecule has 0 bridgehead atoms. The molecule has 0 saturated carbocycles. The summed E-state index contributed by atoms with van der Waals surface area (Å²) in [6.07, 6.45) is 0. The predicted octanol–water partition coefficient (Wildman–Crippen LogP) is -0.0338. The van der Waals surface area contributed by atoms with Crippen LogP contribution in [0.25, 0.3) is 0 Å². The highest BCUT2D eigenvalue weighted by molar-refractivity contribution is 6.28. The van der Waals surface area contributed by atoms with Gasteiger partial charge in [0.2, 0.25) is 5.91 Å². The summed E-state index contributed by atoms with van der Waals surface area (Å²) < 4.78 is 6.07. The van der Waals surface area contributed by atoms with Gasteiger partial charge in [0.15, 0.2) is 0 Å². The Morgan fingerprint density at radius 1 is 1.73 bits per heavy atom. The monoisotopic (exact) mass is 231 g/mol. The minimum absolute atomic E-state index is 0.118. The van der Waals surface area contributed by atoms with Crippen LogP contribution in [0, 0.1) is 0 Å². The lowest BCUT2D eigenvalue weighted by molar-refractivity contribution is -0.113. The van der Waals surface area contributed by atoms with Crippen LogP contribution in [-0.4, -0.2) is 28.4 Å². The number of nitrogens with one attached hydrogen (secondary N) is 1. The molecule has 0 aliphatic rings. The third-order valence-electron chi connectivity index (χ3n) is 1.67. The lowest BCUT2D eigenvalue weighted by atomic mass is 10.5. The van der Waals surface area contributed by atoms with Gasteiger partial charge in [0.25, 0.3) is 5.56 Å². The number of nitrogens with zero attached hydrogens (tertiary/aromatic N) is 2. The maximum Gasteiger partial charge on any atom is 0.300 e. The zero-order chi connectivity index (χ0) is 11.4. The van der Waals surface area contributed by atoms with Crippen molar-refractivity contribution < 1.29 is 9.53 Å². The van der Waals surface area contributed by atoms with E-state index in [-0.39, 0.29) is 23.3 Å². The van der Waals surface area contributed by atoms with Crippen LogP contribution >= 0.6 is 11.6 Å². The summed E-state index contributed by atoms with van der Waals surface area (Å²) in [6.45, 7) is 0. The highest BCUT2D eigenvalue weighted by atomic mass is 35.5. The third-order valence-corrected chi connectivity index (χ3v) is 1.91. The Kier molecular flexibility index (Phi) is 3.68. The molecule has 1 amide bonds. The zero-order valence-electron chi connectivity index (χ0n) is 8.28. The SMILES string of the molecule is COc1nc(NC(=O)CCl)cc(=O)n1C. The summed E-state index contributed by atoms with van der Waals surface area (Å²) in [5.41, 5.74) is -0.327. The average Bonchev–Trinajstić information content (AvgIpc) is 2.22. The topological polar surface area (TPSA) is 73.2 Å². The van der Waals surface area contributed by atoms with Crippen LogP contribution in [0.1, 0.15) is 0 Å². The van der Waals surface area contributed by atoms with Crippen LogP contribution in [0.15, 0.2) is 10.9 Å². The van der Waals surface area contributed by atoms with E-state index in [4.69, 9.17) is 16.3 Å². The van der Waals surface area contributed by atoms with Gasteiger partial charge in [0.05, 0.1) is 7.11 Å². The van der Waals surface area contributed by atoms with Gasteiger partial charge in [-0.3, -0.25) is 14.2 Å². The number of rotatable bonds is 3. The Balaban J connectivity index is 3.06. The number of carbonyl (C=O) groups is 1. The van der Waals surface area contributed by atoms with Crippen molar-refractivity contribution in [1.82, 2.24) is 9.55 Å². The number of alkyl halides is 1. The van der Waals surface area contributed by atoms with Crippen molar-refractivity contribution in [2.75, 3.05) is 18.3 Å². The molecule has 0 unspecified atom stereocenters. The van der Waals surface area contributed by atoms with Crippen molar-refractivity contribution >= 4 is 23.3 Å². The normalized spacial score (nSPS) is 9.80. The summed E-state index contributed by atoms with van der Waals surface area (Å²) in [5, 5.41) is 2.36. The fourth-order valence-corrected chi connectivity index (χ4v) is 1.01. The van der Waals surface area contributed by atoms with Crippen LogP contribution in [0.4, 0.5) is 5.82 Å². The van der Waals surface area contributed by atoms with E-state index in [1.165, 1.54) is 24.8 Å². The Hall–Kier alpha value is -1.56. The van der Waals surface area contributed by atoms with Gasteiger partial charge in [-0.25, -0.2) is 0 Å². The van der Waals surface area contributed by atoms with Crippen LogP contribution < -0.4 is 15.6 Å². The van der Waals surface area contributed by atoms with E-state index in [0.717, 1.165) is 0 Å². The van der Waals surface area contributed by atoms with E-state index in [0.29, 0.717) is 0 Å². The smallest absolute Gasteiger partial charge is 0.300 e. The van der Waals surface area contributed by atoms with Crippen molar-refractivity contribution in [2.45, 2.75) is 0 Å². The van der Waals surface area contributed by atoms with E-state index in [9.17, 15) is 9.59 Å². The first-order valence-corrected chi connectivity index (χ1v) is 4.59. The molecule has 1 rings (SSSR count). The number of aromatic nitrogens is 2. The lowest BCUT2D eigenvalue weighted by Gasteiger charge is -2.07. The predicted molar refractivity (Wildman–Crippen MR) is 55.4 cm³/mol. The summed E-state index contributed by atoms with van der Waals surface area (Å²) in [7, 11) is 2.90. The maximum atomic E-state index is 11.3. The van der Waals surface area contributed by atoms with E-state index in [1.54, 1.807) is 0 Å². The average molecular weight is 232 g/mol. The van der Waals surface area contributed by atoms with Crippen LogP contribution in [0.5, 0.6) is 6.01 Å². The molecule has 0 aromatic carbocycles. The van der Waals surface area contributed by atoms with Gasteiger partial charge in [-0.1, -0.05) is 0 Å². The van der Waals surface area contributed by atoms with Crippen molar-refractivity contribution in [3.63, 3.8) is 0 Å². The minimum Gasteiger partial charge on any atom is -0.468 e. The van der Waals surface area contributed by atoms with Crippen LogP contribution in [0.3, 0.4) is 0 Å². The molecule has 0 spiro atoms. The van der Waals surface area contributed by atoms with Crippen molar-refractivity contribution in [1.29, 1.82) is 0 Å². The number of hydrogen-bond donors (Lipinski definition) is 1. The standard InChI is InChI=1S/C8H10ClN3O3/c1-12-7(14)3-5(10-6(13)4-9)11-8(12)15-2/h3H,4H2,1-2H3,(H,10,13). The molecular weight excluding hydrogens is 222 g/mol.